The van der Waals surface area contributed by atoms with Crippen LogP contribution in [0.1, 0.15) is 12.8 Å². The molecule has 1 amide bonds. The summed E-state index contributed by atoms with van der Waals surface area (Å²) in [7, 11) is 0. The number of benzene rings is 1. The van der Waals surface area contributed by atoms with Crippen LogP contribution < -0.4 is 10.2 Å². The van der Waals surface area contributed by atoms with Gasteiger partial charge in [0.1, 0.15) is 6.54 Å². The Bertz CT molecular complexity index is 628. The molecule has 10 heteroatoms. The summed E-state index contributed by atoms with van der Waals surface area (Å²) in [5.41, 5.74) is -0.188. The number of amides is 1. The first-order valence-electron chi connectivity index (χ1n) is 7.21. The number of piperidine rings is 1. The number of hydrogen-bond acceptors (Lipinski definition) is 4. The van der Waals surface area contributed by atoms with Gasteiger partial charge in [0.2, 0.25) is 5.91 Å². The number of anilines is 1. The number of nitrogens with zero attached hydrogens (tertiary/aromatic N) is 2. The zero-order chi connectivity index (χ0) is 17.9. The van der Waals surface area contributed by atoms with Gasteiger partial charge in [-0.3, -0.25) is 14.9 Å². The largest absolute Gasteiger partial charge is 0.405 e. The fourth-order valence-corrected chi connectivity index (χ4v) is 2.58. The number of alkyl halides is 3. The Balaban J connectivity index is 1.93. The molecule has 0 unspecified atom stereocenters. The van der Waals surface area contributed by atoms with Crippen molar-refractivity contribution in [1.82, 2.24) is 5.32 Å². The van der Waals surface area contributed by atoms with Crippen molar-refractivity contribution in [2.75, 3.05) is 24.5 Å². The molecule has 0 spiro atoms. The van der Waals surface area contributed by atoms with E-state index in [9.17, 15) is 32.5 Å². The smallest absolute Gasteiger partial charge is 0.369 e. The van der Waals surface area contributed by atoms with Crippen LogP contribution in [0.3, 0.4) is 0 Å². The Morgan fingerprint density at radius 2 is 1.96 bits per heavy atom. The molecule has 0 aromatic heterocycles. The number of hydrogen-bond donors (Lipinski definition) is 1. The Morgan fingerprint density at radius 1 is 1.33 bits per heavy atom. The molecule has 0 bridgehead atoms. The van der Waals surface area contributed by atoms with Crippen LogP contribution in [-0.2, 0) is 4.79 Å². The normalized spacial score (nSPS) is 16.1. The summed E-state index contributed by atoms with van der Waals surface area (Å²) in [6, 6.07) is 3.29. The van der Waals surface area contributed by atoms with E-state index in [1.807, 2.05) is 5.32 Å². The van der Waals surface area contributed by atoms with Gasteiger partial charge in [-0.05, 0) is 18.9 Å². The van der Waals surface area contributed by atoms with Crippen molar-refractivity contribution in [3.8, 4) is 0 Å². The molecule has 132 valence electrons. The highest BCUT2D eigenvalue weighted by Gasteiger charge is 2.31. The van der Waals surface area contributed by atoms with E-state index in [0.717, 1.165) is 6.07 Å². The van der Waals surface area contributed by atoms with Crippen LogP contribution in [0.4, 0.5) is 28.9 Å². The number of rotatable bonds is 4. The fraction of sp³-hybridized carbons (Fsp3) is 0.500. The van der Waals surface area contributed by atoms with Crippen molar-refractivity contribution >= 4 is 17.3 Å². The zero-order valence-corrected chi connectivity index (χ0v) is 12.5. The molecule has 0 radical (unpaired) electrons. The molecule has 0 aliphatic carbocycles. The van der Waals surface area contributed by atoms with Crippen molar-refractivity contribution in [3.63, 3.8) is 0 Å². The van der Waals surface area contributed by atoms with E-state index in [4.69, 9.17) is 0 Å². The lowest BCUT2D eigenvalue weighted by atomic mass is 9.95. The summed E-state index contributed by atoms with van der Waals surface area (Å²) in [5, 5.41) is 12.4. The van der Waals surface area contributed by atoms with Crippen LogP contribution in [0, 0.1) is 21.8 Å². The minimum atomic E-state index is -4.46. The highest BCUT2D eigenvalue weighted by atomic mass is 19.4. The molecule has 0 atom stereocenters. The Morgan fingerprint density at radius 3 is 2.46 bits per heavy atom. The molecular formula is C14H15F4N3O3. The molecule has 24 heavy (non-hydrogen) atoms. The second kappa shape index (κ2) is 7.02. The number of nitro benzene ring substituents is 1. The molecule has 1 aromatic carbocycles. The van der Waals surface area contributed by atoms with Crippen LogP contribution in [0.15, 0.2) is 18.2 Å². The summed E-state index contributed by atoms with van der Waals surface area (Å²) in [4.78, 5) is 23.2. The van der Waals surface area contributed by atoms with Gasteiger partial charge in [0.15, 0.2) is 5.82 Å². The predicted octanol–water partition coefficient (Wildman–Crippen LogP) is 2.63. The second-order valence-electron chi connectivity index (χ2n) is 5.49. The molecular weight excluding hydrogens is 334 g/mol. The van der Waals surface area contributed by atoms with E-state index >= 15 is 0 Å². The zero-order valence-electron chi connectivity index (χ0n) is 12.5. The standard InChI is InChI=1S/C14H15F4N3O3/c15-11-7-10(21(23)24)1-2-12(11)20-5-3-9(4-6-20)13(22)19-8-14(16,17)18/h1-2,7,9H,3-6,8H2,(H,19,22). The lowest BCUT2D eigenvalue weighted by Gasteiger charge is -2.33. The summed E-state index contributed by atoms with van der Waals surface area (Å²) in [6.45, 7) is -0.819. The number of nitro groups is 1. The average Bonchev–Trinajstić information content (AvgIpc) is 2.52. The monoisotopic (exact) mass is 349 g/mol. The molecule has 2 rings (SSSR count). The van der Waals surface area contributed by atoms with E-state index in [1.54, 1.807) is 4.90 Å². The molecule has 1 aliphatic rings. The van der Waals surface area contributed by atoms with Crippen molar-refractivity contribution in [3.05, 3.63) is 34.1 Å². The number of halogens is 4. The summed E-state index contributed by atoms with van der Waals surface area (Å²) >= 11 is 0. The number of carbonyl (C=O) groups excluding carboxylic acids is 1. The van der Waals surface area contributed by atoms with Crippen LogP contribution in [0.25, 0.3) is 0 Å². The Labute approximate surface area is 134 Å². The predicted molar refractivity (Wildman–Crippen MR) is 77.1 cm³/mol. The molecule has 1 N–H and O–H groups in total. The van der Waals surface area contributed by atoms with E-state index < -0.39 is 35.3 Å². The second-order valence-corrected chi connectivity index (χ2v) is 5.49. The van der Waals surface area contributed by atoms with Gasteiger partial charge in [0.25, 0.3) is 5.69 Å². The van der Waals surface area contributed by atoms with E-state index in [0.29, 0.717) is 0 Å². The average molecular weight is 349 g/mol. The molecule has 1 aliphatic heterocycles. The first kappa shape index (κ1) is 18.0. The number of nitrogens with one attached hydrogen (secondary N) is 1. The first-order valence-corrected chi connectivity index (χ1v) is 7.21. The highest BCUT2D eigenvalue weighted by Crippen LogP contribution is 2.28. The maximum atomic E-state index is 14.0. The summed E-state index contributed by atoms with van der Waals surface area (Å²) in [5.74, 6) is -1.98. The van der Waals surface area contributed by atoms with E-state index in [-0.39, 0.29) is 37.3 Å². The third kappa shape index (κ3) is 4.56. The highest BCUT2D eigenvalue weighted by molar-refractivity contribution is 5.79. The molecule has 1 aromatic rings. The van der Waals surface area contributed by atoms with Gasteiger partial charge in [-0.15, -0.1) is 0 Å². The minimum absolute atomic E-state index is 0.176. The van der Waals surface area contributed by atoms with Gasteiger partial charge in [-0.1, -0.05) is 0 Å². The van der Waals surface area contributed by atoms with Gasteiger partial charge >= 0.3 is 6.18 Å². The van der Waals surface area contributed by atoms with Crippen molar-refractivity contribution in [1.29, 1.82) is 0 Å². The fourth-order valence-electron chi connectivity index (χ4n) is 2.58. The van der Waals surface area contributed by atoms with Crippen LogP contribution in [-0.4, -0.2) is 36.6 Å². The van der Waals surface area contributed by atoms with Gasteiger partial charge in [0, 0.05) is 25.1 Å². The van der Waals surface area contributed by atoms with Crippen LogP contribution in [0.2, 0.25) is 0 Å². The lowest BCUT2D eigenvalue weighted by molar-refractivity contribution is -0.385. The molecule has 0 saturated carbocycles. The Kier molecular flexibility index (Phi) is 5.25. The first-order chi connectivity index (χ1) is 11.2. The van der Waals surface area contributed by atoms with Gasteiger partial charge in [0.05, 0.1) is 16.7 Å². The molecule has 6 nitrogen and oxygen atoms in total. The molecule has 1 heterocycles. The summed E-state index contributed by atoms with van der Waals surface area (Å²) in [6.07, 6.45) is -3.90. The van der Waals surface area contributed by atoms with Crippen LogP contribution in [0.5, 0.6) is 0 Å². The lowest BCUT2D eigenvalue weighted by Crippen LogP contribution is -2.43. The SMILES string of the molecule is O=C(NCC(F)(F)F)C1CCN(c2ccc([N+](=O)[O-])cc2F)CC1. The van der Waals surface area contributed by atoms with E-state index in [1.165, 1.54) is 12.1 Å². The maximum Gasteiger partial charge on any atom is 0.405 e. The molecule has 1 fully saturated rings. The van der Waals surface area contributed by atoms with Gasteiger partial charge < -0.3 is 10.2 Å². The van der Waals surface area contributed by atoms with Crippen molar-refractivity contribution < 1.29 is 27.3 Å². The third-order valence-corrected chi connectivity index (χ3v) is 3.81. The van der Waals surface area contributed by atoms with Gasteiger partial charge in [-0.25, -0.2) is 4.39 Å². The van der Waals surface area contributed by atoms with Crippen molar-refractivity contribution in [2.24, 2.45) is 5.92 Å². The minimum Gasteiger partial charge on any atom is -0.369 e. The number of non-ortho nitro benzene ring substituents is 1. The third-order valence-electron chi connectivity index (χ3n) is 3.81. The van der Waals surface area contributed by atoms with Crippen molar-refractivity contribution in [2.45, 2.75) is 19.0 Å². The number of carbonyl (C=O) groups is 1. The van der Waals surface area contributed by atoms with Crippen LogP contribution >= 0.6 is 0 Å². The topological polar surface area (TPSA) is 75.5 Å². The Hall–Kier alpha value is -2.39. The summed E-state index contributed by atoms with van der Waals surface area (Å²) < 4.78 is 50.2. The quantitative estimate of drug-likeness (QED) is 0.515. The molecule has 1 saturated heterocycles. The van der Waals surface area contributed by atoms with Gasteiger partial charge in [-0.2, -0.15) is 13.2 Å². The van der Waals surface area contributed by atoms with E-state index in [2.05, 4.69) is 0 Å². The maximum absolute atomic E-state index is 14.0.